The van der Waals surface area contributed by atoms with Crippen molar-refractivity contribution in [2.24, 2.45) is 5.73 Å². The van der Waals surface area contributed by atoms with Gasteiger partial charge in [0.1, 0.15) is 29.3 Å². The number of carbonyl (C=O) groups is 5. The fraction of sp³-hybridized carbons (Fsp3) is 0.541. The Morgan fingerprint density at radius 2 is 1.38 bits per heavy atom. The summed E-state index contributed by atoms with van der Waals surface area (Å²) in [5.41, 5.74) is 5.77. The zero-order valence-corrected chi connectivity index (χ0v) is 30.4. The van der Waals surface area contributed by atoms with Crippen molar-refractivity contribution < 1.29 is 33.4 Å². The maximum Gasteiger partial charge on any atom is 0.408 e. The van der Waals surface area contributed by atoms with Gasteiger partial charge in [0.05, 0.1) is 0 Å². The number of amides is 4. The fourth-order valence-electron chi connectivity index (χ4n) is 5.20. The summed E-state index contributed by atoms with van der Waals surface area (Å²) in [4.78, 5) is 68.9. The third kappa shape index (κ3) is 12.7. The summed E-state index contributed by atoms with van der Waals surface area (Å²) in [5.74, 6) is -2.54. The summed E-state index contributed by atoms with van der Waals surface area (Å²) >= 11 is 0. The summed E-state index contributed by atoms with van der Waals surface area (Å²) in [6.07, 6.45) is -1.05. The zero-order valence-electron chi connectivity index (χ0n) is 30.4. The highest BCUT2D eigenvalue weighted by molar-refractivity contribution is 5.95. The Labute approximate surface area is 285 Å². The highest BCUT2D eigenvalue weighted by Gasteiger charge is 2.43. The van der Waals surface area contributed by atoms with Crippen molar-refractivity contribution in [1.29, 1.82) is 0 Å². The summed E-state index contributed by atoms with van der Waals surface area (Å²) in [6.45, 7) is 19.3. The molecule has 0 aromatic heterocycles. The van der Waals surface area contributed by atoms with Crippen LogP contribution in [0, 0.1) is 13.8 Å². The third-order valence-corrected chi connectivity index (χ3v) is 7.15. The SMILES string of the molecule is Cc1ccc(C(C(=O)NC(Cc2ccccc2)C(=O)OC(C)(C)C)N(C(=O)C(CCC(N)=O)NC(=O)OC(C)(C)C)C(C)(C)C)c(C)c1. The Bertz CT molecular complexity index is 1450. The van der Waals surface area contributed by atoms with Gasteiger partial charge in [-0.15, -0.1) is 0 Å². The van der Waals surface area contributed by atoms with E-state index in [0.717, 1.165) is 16.7 Å². The van der Waals surface area contributed by atoms with E-state index >= 15 is 0 Å². The van der Waals surface area contributed by atoms with Crippen LogP contribution in [0.2, 0.25) is 0 Å². The minimum Gasteiger partial charge on any atom is -0.458 e. The van der Waals surface area contributed by atoms with E-state index in [1.807, 2.05) is 56.3 Å². The zero-order chi connectivity index (χ0) is 36.6. The van der Waals surface area contributed by atoms with E-state index in [-0.39, 0.29) is 19.3 Å². The molecule has 0 bridgehead atoms. The number of hydrogen-bond donors (Lipinski definition) is 3. The van der Waals surface area contributed by atoms with Crippen LogP contribution in [0.15, 0.2) is 48.5 Å². The number of carbonyl (C=O) groups excluding carboxylic acids is 5. The number of aryl methyl sites for hydroxylation is 2. The van der Waals surface area contributed by atoms with Crippen molar-refractivity contribution in [3.63, 3.8) is 0 Å². The predicted molar refractivity (Wildman–Crippen MR) is 185 cm³/mol. The molecule has 2 rings (SSSR count). The highest BCUT2D eigenvalue weighted by Crippen LogP contribution is 2.33. The van der Waals surface area contributed by atoms with Gasteiger partial charge in [-0.3, -0.25) is 14.4 Å². The van der Waals surface area contributed by atoms with Gasteiger partial charge in [0.25, 0.3) is 0 Å². The molecule has 4 amide bonds. The standard InChI is InChI=1S/C37H54N4O7/c1-23-17-18-26(24(2)21-23)30(31(43)39-28(33(45)47-36(6,7)8)22-25-15-13-12-14-16-25)41(35(3,4)5)32(44)27(19-20-29(38)42)40-34(46)48-37(9,10)11/h12-18,21,27-28,30H,19-20,22H2,1-11H3,(H2,38,42)(H,39,43)(H,40,46). The number of benzene rings is 2. The molecule has 2 aromatic rings. The van der Waals surface area contributed by atoms with Crippen LogP contribution in [-0.2, 0) is 35.1 Å². The Hall–Kier alpha value is -4.41. The van der Waals surface area contributed by atoms with Gasteiger partial charge >= 0.3 is 12.1 Å². The molecule has 0 spiro atoms. The molecule has 264 valence electrons. The predicted octanol–water partition coefficient (Wildman–Crippen LogP) is 5.20. The van der Waals surface area contributed by atoms with E-state index in [2.05, 4.69) is 10.6 Å². The second-order valence-electron chi connectivity index (χ2n) is 15.1. The van der Waals surface area contributed by atoms with Gasteiger partial charge in [-0.1, -0.05) is 54.1 Å². The van der Waals surface area contributed by atoms with E-state index in [0.29, 0.717) is 5.56 Å². The normalized spacial score (nSPS) is 13.8. The van der Waals surface area contributed by atoms with Gasteiger partial charge in [0, 0.05) is 18.4 Å². The van der Waals surface area contributed by atoms with E-state index in [9.17, 15) is 24.0 Å². The second kappa shape index (κ2) is 16.1. The lowest BCUT2D eigenvalue weighted by Gasteiger charge is -2.43. The number of alkyl carbamates (subject to hydrolysis) is 1. The minimum atomic E-state index is -1.27. The molecule has 11 heteroatoms. The lowest BCUT2D eigenvalue weighted by molar-refractivity contribution is -0.159. The molecule has 3 atom stereocenters. The smallest absolute Gasteiger partial charge is 0.408 e. The highest BCUT2D eigenvalue weighted by atomic mass is 16.6. The van der Waals surface area contributed by atoms with Crippen LogP contribution < -0.4 is 16.4 Å². The molecular weight excluding hydrogens is 612 g/mol. The molecule has 2 aromatic carbocycles. The van der Waals surface area contributed by atoms with Crippen LogP contribution in [0.1, 0.15) is 103 Å². The number of hydrogen-bond acceptors (Lipinski definition) is 7. The van der Waals surface area contributed by atoms with Crippen LogP contribution in [-0.4, -0.2) is 63.5 Å². The monoisotopic (exact) mass is 666 g/mol. The molecule has 0 aliphatic heterocycles. The van der Waals surface area contributed by atoms with Gasteiger partial charge in [-0.2, -0.15) is 0 Å². The van der Waals surface area contributed by atoms with Crippen LogP contribution in [0.4, 0.5) is 4.79 Å². The molecular formula is C37H54N4O7. The molecule has 0 aliphatic carbocycles. The molecule has 0 aliphatic rings. The Morgan fingerprint density at radius 3 is 1.88 bits per heavy atom. The third-order valence-electron chi connectivity index (χ3n) is 7.15. The molecule has 0 saturated heterocycles. The largest absolute Gasteiger partial charge is 0.458 e. The topological polar surface area (TPSA) is 157 Å². The maximum atomic E-state index is 14.6. The lowest BCUT2D eigenvalue weighted by Crippen LogP contribution is -2.60. The van der Waals surface area contributed by atoms with Gasteiger partial charge in [0.2, 0.25) is 17.7 Å². The van der Waals surface area contributed by atoms with Crippen LogP contribution in [0.5, 0.6) is 0 Å². The van der Waals surface area contributed by atoms with Crippen LogP contribution in [0.25, 0.3) is 0 Å². The lowest BCUT2D eigenvalue weighted by atomic mass is 9.91. The van der Waals surface area contributed by atoms with E-state index in [1.54, 1.807) is 68.4 Å². The van der Waals surface area contributed by atoms with Gasteiger partial charge in [-0.25, -0.2) is 9.59 Å². The first kappa shape index (κ1) is 39.8. The van der Waals surface area contributed by atoms with Gasteiger partial charge in [0.15, 0.2) is 0 Å². The van der Waals surface area contributed by atoms with Crippen LogP contribution in [0.3, 0.4) is 0 Å². The Kier molecular flexibility index (Phi) is 13.4. The van der Waals surface area contributed by atoms with Crippen molar-refractivity contribution in [2.75, 3.05) is 0 Å². The van der Waals surface area contributed by atoms with Crippen LogP contribution >= 0.6 is 0 Å². The van der Waals surface area contributed by atoms with Crippen molar-refractivity contribution in [3.05, 3.63) is 70.8 Å². The van der Waals surface area contributed by atoms with E-state index < -0.39 is 64.7 Å². The van der Waals surface area contributed by atoms with Crippen molar-refractivity contribution in [3.8, 4) is 0 Å². The Morgan fingerprint density at radius 1 is 0.792 bits per heavy atom. The van der Waals surface area contributed by atoms with Crippen molar-refractivity contribution in [2.45, 2.75) is 130 Å². The summed E-state index contributed by atoms with van der Waals surface area (Å²) in [6, 6.07) is 11.1. The van der Waals surface area contributed by atoms with E-state index in [4.69, 9.17) is 15.2 Å². The number of ether oxygens (including phenoxy) is 2. The number of esters is 1. The first-order valence-electron chi connectivity index (χ1n) is 16.2. The number of primary amides is 1. The molecule has 3 unspecified atom stereocenters. The summed E-state index contributed by atoms with van der Waals surface area (Å²) < 4.78 is 11.1. The fourth-order valence-corrected chi connectivity index (χ4v) is 5.20. The number of nitrogens with two attached hydrogens (primary N) is 1. The maximum absolute atomic E-state index is 14.6. The summed E-state index contributed by atoms with van der Waals surface area (Å²) in [7, 11) is 0. The van der Waals surface area contributed by atoms with Crippen molar-refractivity contribution >= 4 is 29.8 Å². The molecule has 48 heavy (non-hydrogen) atoms. The number of nitrogens with zero attached hydrogens (tertiary/aromatic N) is 1. The quantitative estimate of drug-likeness (QED) is 0.263. The Balaban J connectivity index is 2.71. The molecule has 0 radical (unpaired) electrons. The summed E-state index contributed by atoms with van der Waals surface area (Å²) in [5, 5.41) is 5.50. The van der Waals surface area contributed by atoms with Gasteiger partial charge < -0.3 is 30.7 Å². The number of nitrogens with one attached hydrogen (secondary N) is 2. The average Bonchev–Trinajstić information content (AvgIpc) is 2.91. The second-order valence-corrected chi connectivity index (χ2v) is 15.1. The molecule has 0 heterocycles. The molecule has 0 saturated carbocycles. The number of rotatable bonds is 12. The molecule has 11 nitrogen and oxygen atoms in total. The van der Waals surface area contributed by atoms with Gasteiger partial charge in [-0.05, 0) is 99.3 Å². The minimum absolute atomic E-state index is 0.129. The molecule has 4 N–H and O–H groups in total. The molecule has 0 fully saturated rings. The van der Waals surface area contributed by atoms with Crippen molar-refractivity contribution in [1.82, 2.24) is 15.5 Å². The first-order chi connectivity index (χ1) is 22.0. The van der Waals surface area contributed by atoms with E-state index in [1.165, 1.54) is 4.90 Å². The first-order valence-corrected chi connectivity index (χ1v) is 16.2. The average molecular weight is 667 g/mol.